The number of methoxy groups -OCH3 is 1. The highest BCUT2D eigenvalue weighted by molar-refractivity contribution is 5.87. The van der Waals surface area contributed by atoms with Gasteiger partial charge in [0.15, 0.2) is 0 Å². The average Bonchev–Trinajstić information content (AvgIpc) is 2.87. The number of likely N-dealkylation sites (tertiary alicyclic amines) is 1. The van der Waals surface area contributed by atoms with Crippen molar-refractivity contribution in [2.75, 3.05) is 26.7 Å². The molecule has 2 heterocycles. The summed E-state index contributed by atoms with van der Waals surface area (Å²) in [5.41, 5.74) is 4.49. The molecule has 1 fully saturated rings. The van der Waals surface area contributed by atoms with Gasteiger partial charge in [-0.1, -0.05) is 6.42 Å². The second-order valence-corrected chi connectivity index (χ2v) is 6.70. The highest BCUT2D eigenvalue weighted by atomic mass is 16.5. The molecule has 5 heteroatoms. The summed E-state index contributed by atoms with van der Waals surface area (Å²) >= 11 is 0. The second kappa shape index (κ2) is 7.26. The number of nitrogens with zero attached hydrogens (tertiary/aromatic N) is 1. The molecule has 0 radical (unpaired) electrons. The van der Waals surface area contributed by atoms with Gasteiger partial charge in [0, 0.05) is 28.7 Å². The number of carbonyl (C=O) groups is 1. The monoisotopic (exact) mass is 329 g/mol. The normalized spacial score (nSPS) is 15.6. The Labute approximate surface area is 143 Å². The smallest absolute Gasteiger partial charge is 0.234 e. The van der Waals surface area contributed by atoms with E-state index in [1.165, 1.54) is 35.9 Å². The number of H-pyrrole nitrogens is 1. The number of fused-ring (bicyclic) bond motifs is 1. The summed E-state index contributed by atoms with van der Waals surface area (Å²) in [6, 6.07) is 4.13. The first kappa shape index (κ1) is 16.8. The van der Waals surface area contributed by atoms with E-state index in [2.05, 4.69) is 41.2 Å². The number of carbonyl (C=O) groups excluding carboxylic acids is 1. The topological polar surface area (TPSA) is 57.4 Å². The fourth-order valence-corrected chi connectivity index (χ4v) is 3.43. The van der Waals surface area contributed by atoms with Crippen LogP contribution in [0.5, 0.6) is 5.75 Å². The molecule has 1 aliphatic heterocycles. The zero-order chi connectivity index (χ0) is 17.1. The van der Waals surface area contributed by atoms with Crippen molar-refractivity contribution in [3.05, 3.63) is 29.0 Å². The Morgan fingerprint density at radius 2 is 2.00 bits per heavy atom. The van der Waals surface area contributed by atoms with Crippen molar-refractivity contribution in [2.45, 2.75) is 39.7 Å². The predicted octanol–water partition coefficient (Wildman–Crippen LogP) is 2.90. The molecule has 1 aromatic carbocycles. The summed E-state index contributed by atoms with van der Waals surface area (Å²) in [4.78, 5) is 17.8. The number of ether oxygens (including phenoxy) is 1. The molecule has 1 aromatic heterocycles. The molecular weight excluding hydrogens is 302 g/mol. The van der Waals surface area contributed by atoms with Crippen molar-refractivity contribution in [3.63, 3.8) is 0 Å². The minimum absolute atomic E-state index is 0.0814. The van der Waals surface area contributed by atoms with E-state index in [-0.39, 0.29) is 5.91 Å². The van der Waals surface area contributed by atoms with Crippen LogP contribution in [-0.2, 0) is 11.3 Å². The first-order valence-corrected chi connectivity index (χ1v) is 8.73. The van der Waals surface area contributed by atoms with Crippen molar-refractivity contribution < 1.29 is 9.53 Å². The van der Waals surface area contributed by atoms with Gasteiger partial charge in [0.2, 0.25) is 5.91 Å². The first-order valence-electron chi connectivity index (χ1n) is 8.73. The lowest BCUT2D eigenvalue weighted by atomic mass is 10.1. The van der Waals surface area contributed by atoms with Crippen LogP contribution in [0.3, 0.4) is 0 Å². The van der Waals surface area contributed by atoms with Crippen LogP contribution in [0.4, 0.5) is 0 Å². The van der Waals surface area contributed by atoms with Gasteiger partial charge in [0.1, 0.15) is 5.75 Å². The Hall–Kier alpha value is -2.01. The van der Waals surface area contributed by atoms with Crippen LogP contribution in [0.25, 0.3) is 10.9 Å². The average molecular weight is 329 g/mol. The van der Waals surface area contributed by atoms with E-state index in [0.717, 1.165) is 29.9 Å². The summed E-state index contributed by atoms with van der Waals surface area (Å²) in [5.74, 6) is 0.903. The molecular formula is C19H27N3O2. The third-order valence-corrected chi connectivity index (χ3v) is 5.00. The molecule has 2 aromatic rings. The van der Waals surface area contributed by atoms with Gasteiger partial charge in [0.25, 0.3) is 0 Å². The molecule has 0 saturated carbocycles. The number of hydrogen-bond acceptors (Lipinski definition) is 3. The Morgan fingerprint density at radius 1 is 1.25 bits per heavy atom. The van der Waals surface area contributed by atoms with Crippen LogP contribution in [0.15, 0.2) is 12.1 Å². The van der Waals surface area contributed by atoms with Gasteiger partial charge in [-0.2, -0.15) is 0 Å². The number of piperidine rings is 1. The zero-order valence-electron chi connectivity index (χ0n) is 14.9. The van der Waals surface area contributed by atoms with Crippen LogP contribution in [-0.4, -0.2) is 42.5 Å². The molecule has 0 bridgehead atoms. The highest BCUT2D eigenvalue weighted by Gasteiger charge is 2.15. The number of rotatable bonds is 5. The molecule has 0 unspecified atom stereocenters. The van der Waals surface area contributed by atoms with Gasteiger partial charge in [-0.25, -0.2) is 0 Å². The molecule has 130 valence electrons. The molecule has 3 rings (SSSR count). The molecule has 24 heavy (non-hydrogen) atoms. The molecule has 5 nitrogen and oxygen atoms in total. The molecule has 0 spiro atoms. The summed E-state index contributed by atoms with van der Waals surface area (Å²) in [6.45, 7) is 7.22. The van der Waals surface area contributed by atoms with E-state index in [0.29, 0.717) is 13.1 Å². The summed E-state index contributed by atoms with van der Waals surface area (Å²) in [7, 11) is 1.68. The molecule has 0 atom stereocenters. The number of aromatic amines is 1. The molecule has 1 saturated heterocycles. The highest BCUT2D eigenvalue weighted by Crippen LogP contribution is 2.29. The second-order valence-electron chi connectivity index (χ2n) is 6.70. The van der Waals surface area contributed by atoms with E-state index in [4.69, 9.17) is 4.74 Å². The minimum Gasteiger partial charge on any atom is -0.496 e. The van der Waals surface area contributed by atoms with Crippen molar-refractivity contribution in [2.24, 2.45) is 0 Å². The Bertz CT molecular complexity index is 730. The van der Waals surface area contributed by atoms with Crippen LogP contribution in [0.2, 0.25) is 0 Å². The standard InChI is InChI=1S/C19H27N3O2/c1-13-14(2)21-17-9-15(18(24-3)10-16(13)17)11-20-19(23)12-22-7-5-4-6-8-22/h9-10,21H,4-8,11-12H2,1-3H3,(H,20,23). The van der Waals surface area contributed by atoms with E-state index >= 15 is 0 Å². The number of benzene rings is 1. The van der Waals surface area contributed by atoms with E-state index in [1.807, 2.05) is 0 Å². The van der Waals surface area contributed by atoms with Gasteiger partial charge < -0.3 is 15.0 Å². The molecule has 2 N–H and O–H groups in total. The van der Waals surface area contributed by atoms with Gasteiger partial charge in [0.05, 0.1) is 13.7 Å². The Kier molecular flexibility index (Phi) is 5.09. The van der Waals surface area contributed by atoms with Crippen LogP contribution < -0.4 is 10.1 Å². The number of nitrogens with one attached hydrogen (secondary N) is 2. The Balaban J connectivity index is 1.68. The van der Waals surface area contributed by atoms with Gasteiger partial charge in [-0.15, -0.1) is 0 Å². The lowest BCUT2D eigenvalue weighted by molar-refractivity contribution is -0.122. The van der Waals surface area contributed by atoms with Crippen LogP contribution in [0, 0.1) is 13.8 Å². The third kappa shape index (κ3) is 3.56. The van der Waals surface area contributed by atoms with Crippen LogP contribution in [0.1, 0.15) is 36.1 Å². The maximum atomic E-state index is 12.2. The van der Waals surface area contributed by atoms with Gasteiger partial charge in [-0.05, 0) is 57.5 Å². The van der Waals surface area contributed by atoms with Crippen LogP contribution >= 0.6 is 0 Å². The summed E-state index contributed by atoms with van der Waals surface area (Å²) < 4.78 is 5.52. The van der Waals surface area contributed by atoms with Gasteiger partial charge in [-0.3, -0.25) is 9.69 Å². The number of aromatic nitrogens is 1. The maximum absolute atomic E-state index is 12.2. The van der Waals surface area contributed by atoms with E-state index in [9.17, 15) is 4.79 Å². The maximum Gasteiger partial charge on any atom is 0.234 e. The number of amides is 1. The third-order valence-electron chi connectivity index (χ3n) is 5.00. The van der Waals surface area contributed by atoms with Crippen molar-refractivity contribution in [1.82, 2.24) is 15.2 Å². The first-order chi connectivity index (χ1) is 11.6. The lowest BCUT2D eigenvalue weighted by Gasteiger charge is -2.25. The summed E-state index contributed by atoms with van der Waals surface area (Å²) in [5, 5.41) is 4.21. The molecule has 1 aliphatic rings. The van der Waals surface area contributed by atoms with Crippen molar-refractivity contribution >= 4 is 16.8 Å². The SMILES string of the molecule is COc1cc2c(C)c(C)[nH]c2cc1CNC(=O)CN1CCCCC1. The number of hydrogen-bond donors (Lipinski definition) is 2. The molecule has 1 amide bonds. The van der Waals surface area contributed by atoms with E-state index in [1.54, 1.807) is 7.11 Å². The largest absolute Gasteiger partial charge is 0.496 e. The fraction of sp³-hybridized carbons (Fsp3) is 0.526. The predicted molar refractivity (Wildman–Crippen MR) is 96.5 cm³/mol. The lowest BCUT2D eigenvalue weighted by Crippen LogP contribution is -2.39. The number of aryl methyl sites for hydroxylation is 2. The van der Waals surface area contributed by atoms with Crippen molar-refractivity contribution in [1.29, 1.82) is 0 Å². The Morgan fingerprint density at radius 3 is 2.71 bits per heavy atom. The zero-order valence-corrected chi connectivity index (χ0v) is 14.9. The molecule has 0 aliphatic carbocycles. The van der Waals surface area contributed by atoms with Gasteiger partial charge >= 0.3 is 0 Å². The summed E-state index contributed by atoms with van der Waals surface area (Å²) in [6.07, 6.45) is 3.68. The fourth-order valence-electron chi connectivity index (χ4n) is 3.43. The minimum atomic E-state index is 0.0814. The van der Waals surface area contributed by atoms with E-state index < -0.39 is 0 Å². The van der Waals surface area contributed by atoms with Crippen molar-refractivity contribution in [3.8, 4) is 5.75 Å². The quantitative estimate of drug-likeness (QED) is 0.887.